The molecule has 0 heterocycles. The van der Waals surface area contributed by atoms with Gasteiger partial charge in [0.15, 0.2) is 5.78 Å². The molecule has 1 aliphatic carbocycles. The smallest absolute Gasteiger partial charge is 0.166 e. The lowest BCUT2D eigenvalue weighted by Crippen LogP contribution is -2.06. The molecule has 0 spiro atoms. The van der Waals surface area contributed by atoms with Crippen molar-refractivity contribution in [2.45, 2.75) is 20.3 Å². The monoisotopic (exact) mass is 192 g/mol. The van der Waals surface area contributed by atoms with Gasteiger partial charge in [-0.05, 0) is 36.1 Å². The van der Waals surface area contributed by atoms with Crippen LogP contribution in [0.25, 0.3) is 0 Å². The molecule has 2 rings (SSSR count). The fourth-order valence-corrected chi connectivity index (χ4v) is 1.73. The number of carbonyl (C=O) groups excluding carboxylic acids is 1. The fourth-order valence-electron chi connectivity index (χ4n) is 1.73. The van der Waals surface area contributed by atoms with E-state index < -0.39 is 0 Å². The van der Waals surface area contributed by atoms with Crippen molar-refractivity contribution in [3.8, 4) is 0 Å². The first kappa shape index (κ1) is 9.38. The van der Waals surface area contributed by atoms with Gasteiger partial charge in [-0.2, -0.15) is 0 Å². The molecule has 0 N–H and O–H groups in total. The van der Waals surface area contributed by atoms with Crippen molar-refractivity contribution >= 4 is 5.78 Å². The van der Waals surface area contributed by atoms with Crippen molar-refractivity contribution < 1.29 is 9.18 Å². The summed E-state index contributed by atoms with van der Waals surface area (Å²) in [6.45, 7) is 4.16. The van der Waals surface area contributed by atoms with Crippen LogP contribution in [-0.2, 0) is 0 Å². The molecule has 2 heteroatoms. The molecule has 0 amide bonds. The number of hydrogen-bond acceptors (Lipinski definition) is 1. The molecule has 0 aliphatic heterocycles. The molecule has 0 radical (unpaired) electrons. The van der Waals surface area contributed by atoms with Crippen LogP contribution in [0.15, 0.2) is 24.3 Å². The highest BCUT2D eigenvalue weighted by Gasteiger charge is 2.50. The number of hydrogen-bond donors (Lipinski definition) is 0. The molecule has 14 heavy (non-hydrogen) atoms. The molecule has 1 aliphatic rings. The molecular formula is C12H13FO. The Kier molecular flexibility index (Phi) is 1.95. The summed E-state index contributed by atoms with van der Waals surface area (Å²) in [5.74, 6) is -0.0143. The van der Waals surface area contributed by atoms with E-state index in [1.807, 2.05) is 0 Å². The SMILES string of the molecule is CC1(C)CC1C(=O)c1ccc(F)cc1. The second kappa shape index (κ2) is 2.91. The average Bonchev–Trinajstić information content (AvgIpc) is 2.75. The van der Waals surface area contributed by atoms with Gasteiger partial charge in [-0.25, -0.2) is 4.39 Å². The standard InChI is InChI=1S/C12H13FO/c1-12(2)7-10(12)11(14)8-3-5-9(13)6-4-8/h3-6,10H,7H2,1-2H3. The van der Waals surface area contributed by atoms with Crippen LogP contribution in [-0.4, -0.2) is 5.78 Å². The third-order valence-corrected chi connectivity index (χ3v) is 2.96. The molecule has 74 valence electrons. The van der Waals surface area contributed by atoms with Crippen molar-refractivity contribution in [2.75, 3.05) is 0 Å². The van der Waals surface area contributed by atoms with Gasteiger partial charge in [0.05, 0.1) is 0 Å². The van der Waals surface area contributed by atoms with Gasteiger partial charge in [0, 0.05) is 11.5 Å². The fraction of sp³-hybridized carbons (Fsp3) is 0.417. The number of rotatable bonds is 2. The van der Waals surface area contributed by atoms with Gasteiger partial charge in [-0.3, -0.25) is 4.79 Å². The quantitative estimate of drug-likeness (QED) is 0.658. The highest BCUT2D eigenvalue weighted by Crippen LogP contribution is 2.53. The summed E-state index contributed by atoms with van der Waals surface area (Å²) in [6.07, 6.45) is 0.948. The van der Waals surface area contributed by atoms with Gasteiger partial charge >= 0.3 is 0 Å². The minimum atomic E-state index is -0.295. The van der Waals surface area contributed by atoms with E-state index in [9.17, 15) is 9.18 Å². The van der Waals surface area contributed by atoms with Gasteiger partial charge in [0.1, 0.15) is 5.82 Å². The van der Waals surface area contributed by atoms with Crippen LogP contribution < -0.4 is 0 Å². The lowest BCUT2D eigenvalue weighted by molar-refractivity contribution is 0.0953. The lowest BCUT2D eigenvalue weighted by Gasteiger charge is -2.02. The Morgan fingerprint density at radius 1 is 1.36 bits per heavy atom. The zero-order chi connectivity index (χ0) is 10.3. The largest absolute Gasteiger partial charge is 0.294 e. The Morgan fingerprint density at radius 3 is 2.29 bits per heavy atom. The Labute approximate surface area is 82.9 Å². The zero-order valence-electron chi connectivity index (χ0n) is 8.38. The molecule has 1 atom stereocenters. The first-order valence-corrected chi connectivity index (χ1v) is 4.80. The first-order chi connectivity index (χ1) is 6.50. The van der Waals surface area contributed by atoms with Crippen molar-refractivity contribution in [2.24, 2.45) is 11.3 Å². The molecule has 1 aromatic rings. The molecule has 1 nitrogen and oxygen atoms in total. The summed E-state index contributed by atoms with van der Waals surface area (Å²) in [5, 5.41) is 0. The number of benzene rings is 1. The summed E-state index contributed by atoms with van der Waals surface area (Å²) >= 11 is 0. The predicted octanol–water partition coefficient (Wildman–Crippen LogP) is 3.05. The molecule has 0 saturated heterocycles. The van der Waals surface area contributed by atoms with Gasteiger partial charge in [-0.15, -0.1) is 0 Å². The van der Waals surface area contributed by atoms with E-state index in [0.717, 1.165) is 6.42 Å². The molecule has 1 saturated carbocycles. The molecule has 0 aromatic heterocycles. The van der Waals surface area contributed by atoms with Crippen molar-refractivity contribution in [3.05, 3.63) is 35.6 Å². The van der Waals surface area contributed by atoms with Crippen molar-refractivity contribution in [1.29, 1.82) is 0 Å². The average molecular weight is 192 g/mol. The number of halogens is 1. The topological polar surface area (TPSA) is 17.1 Å². The van der Waals surface area contributed by atoms with E-state index in [4.69, 9.17) is 0 Å². The van der Waals surface area contributed by atoms with Crippen LogP contribution in [0.1, 0.15) is 30.6 Å². The third kappa shape index (κ3) is 1.57. The van der Waals surface area contributed by atoms with E-state index >= 15 is 0 Å². The molecule has 1 unspecified atom stereocenters. The van der Waals surface area contributed by atoms with Gasteiger partial charge in [-0.1, -0.05) is 13.8 Å². The van der Waals surface area contributed by atoms with Crippen LogP contribution in [0.5, 0.6) is 0 Å². The van der Waals surface area contributed by atoms with Crippen LogP contribution in [0, 0.1) is 17.2 Å². The van der Waals surface area contributed by atoms with E-state index in [0.29, 0.717) is 5.56 Å². The maximum atomic E-state index is 12.6. The predicted molar refractivity (Wildman–Crippen MR) is 52.6 cm³/mol. The van der Waals surface area contributed by atoms with E-state index in [1.165, 1.54) is 12.1 Å². The molecule has 0 bridgehead atoms. The number of ketones is 1. The Hall–Kier alpha value is -1.18. The zero-order valence-corrected chi connectivity index (χ0v) is 8.38. The second-order valence-electron chi connectivity index (χ2n) is 4.62. The van der Waals surface area contributed by atoms with Crippen LogP contribution in [0.2, 0.25) is 0 Å². The first-order valence-electron chi connectivity index (χ1n) is 4.80. The van der Waals surface area contributed by atoms with Crippen LogP contribution >= 0.6 is 0 Å². The summed E-state index contributed by atoms with van der Waals surface area (Å²) < 4.78 is 12.6. The summed E-state index contributed by atoms with van der Waals surface area (Å²) in [5.41, 5.74) is 0.771. The maximum absolute atomic E-state index is 12.6. The molecular weight excluding hydrogens is 179 g/mol. The summed E-state index contributed by atoms with van der Waals surface area (Å²) in [6, 6.07) is 5.80. The normalized spacial score (nSPS) is 23.2. The van der Waals surface area contributed by atoms with Crippen molar-refractivity contribution in [1.82, 2.24) is 0 Å². The van der Waals surface area contributed by atoms with Crippen LogP contribution in [0.3, 0.4) is 0 Å². The molecule has 1 aromatic carbocycles. The van der Waals surface area contributed by atoms with E-state index in [-0.39, 0.29) is 22.9 Å². The van der Waals surface area contributed by atoms with Crippen molar-refractivity contribution in [3.63, 3.8) is 0 Å². The van der Waals surface area contributed by atoms with E-state index in [2.05, 4.69) is 13.8 Å². The minimum absolute atomic E-state index is 0.132. The Bertz CT molecular complexity index is 364. The Balaban J connectivity index is 2.17. The molecule has 1 fully saturated rings. The van der Waals surface area contributed by atoms with Gasteiger partial charge in [0.2, 0.25) is 0 Å². The minimum Gasteiger partial charge on any atom is -0.294 e. The van der Waals surface area contributed by atoms with E-state index in [1.54, 1.807) is 12.1 Å². The third-order valence-electron chi connectivity index (χ3n) is 2.96. The van der Waals surface area contributed by atoms with Crippen LogP contribution in [0.4, 0.5) is 4.39 Å². The van der Waals surface area contributed by atoms with Gasteiger partial charge in [0.25, 0.3) is 0 Å². The summed E-state index contributed by atoms with van der Waals surface area (Å²) in [7, 11) is 0. The lowest BCUT2D eigenvalue weighted by atomic mass is 10.0. The second-order valence-corrected chi connectivity index (χ2v) is 4.62. The van der Waals surface area contributed by atoms with Gasteiger partial charge < -0.3 is 0 Å². The number of carbonyl (C=O) groups is 1. The number of Topliss-reactive ketones (excluding diaryl/α,β-unsaturated/α-hetero) is 1. The highest BCUT2D eigenvalue weighted by molar-refractivity contribution is 6.00. The summed E-state index contributed by atoms with van der Waals surface area (Å²) in [4.78, 5) is 11.8. The maximum Gasteiger partial charge on any atom is 0.166 e. The highest BCUT2D eigenvalue weighted by atomic mass is 19.1. The Morgan fingerprint density at radius 2 is 1.86 bits per heavy atom.